The molecule has 1 heterocycles. The van der Waals surface area contributed by atoms with Gasteiger partial charge in [-0.1, -0.05) is 0 Å². The number of hydrogen-bond donors (Lipinski definition) is 0. The van der Waals surface area contributed by atoms with Crippen molar-refractivity contribution in [1.82, 2.24) is 9.13 Å². The first-order valence-corrected chi connectivity index (χ1v) is 4.80. The van der Waals surface area contributed by atoms with E-state index in [1.54, 1.807) is 7.05 Å². The van der Waals surface area contributed by atoms with Crippen molar-refractivity contribution in [2.45, 2.75) is 25.8 Å². The van der Waals surface area contributed by atoms with Crippen LogP contribution in [0.25, 0.3) is 0 Å². The van der Waals surface area contributed by atoms with Crippen LogP contribution in [0.15, 0.2) is 21.9 Å². The molecule has 0 bridgehead atoms. The van der Waals surface area contributed by atoms with Gasteiger partial charge in [-0.15, -0.1) is 0 Å². The van der Waals surface area contributed by atoms with E-state index in [9.17, 15) is 9.59 Å². The molecule has 80 valence electrons. The number of unbranched alkanes of at least 4 members (excludes halogenated alkanes) is 2. The maximum Gasteiger partial charge on any atom is 0.330 e. The summed E-state index contributed by atoms with van der Waals surface area (Å²) in [7, 11) is 1.60. The summed E-state index contributed by atoms with van der Waals surface area (Å²) in [6, 6.07) is 3.39. The maximum absolute atomic E-state index is 11.5. The minimum Gasteiger partial charge on any atom is -0.303 e. The smallest absolute Gasteiger partial charge is 0.303 e. The second-order valence-corrected chi connectivity index (χ2v) is 3.31. The van der Waals surface area contributed by atoms with Crippen LogP contribution in [0.2, 0.25) is 0 Å². The second-order valence-electron chi connectivity index (χ2n) is 3.31. The van der Waals surface area contributed by atoms with Crippen molar-refractivity contribution < 1.29 is 0 Å². The molecule has 1 aromatic rings. The third kappa shape index (κ3) is 2.81. The van der Waals surface area contributed by atoms with Gasteiger partial charge < -0.3 is 4.57 Å². The molecule has 15 heavy (non-hydrogen) atoms. The molecule has 0 unspecified atom stereocenters. The SMILES string of the molecule is Cn1ccc(=O)n(CCCCC#N)c1=O. The van der Waals surface area contributed by atoms with Crippen molar-refractivity contribution in [3.63, 3.8) is 0 Å². The molecule has 5 nitrogen and oxygen atoms in total. The third-order valence-corrected chi connectivity index (χ3v) is 2.16. The van der Waals surface area contributed by atoms with Crippen LogP contribution in [-0.2, 0) is 13.6 Å². The summed E-state index contributed by atoms with van der Waals surface area (Å²) in [5, 5.41) is 8.33. The Hall–Kier alpha value is -1.83. The fourth-order valence-corrected chi connectivity index (χ4v) is 1.29. The Morgan fingerprint density at radius 1 is 1.40 bits per heavy atom. The van der Waals surface area contributed by atoms with Gasteiger partial charge in [-0.25, -0.2) is 4.79 Å². The highest BCUT2D eigenvalue weighted by atomic mass is 16.2. The largest absolute Gasteiger partial charge is 0.330 e. The molecule has 0 aliphatic rings. The van der Waals surface area contributed by atoms with Crippen LogP contribution in [0, 0.1) is 11.3 Å². The van der Waals surface area contributed by atoms with Gasteiger partial charge in [0.2, 0.25) is 0 Å². The van der Waals surface area contributed by atoms with Crippen LogP contribution in [0.4, 0.5) is 0 Å². The van der Waals surface area contributed by atoms with E-state index in [2.05, 4.69) is 0 Å². The van der Waals surface area contributed by atoms with Crippen LogP contribution in [-0.4, -0.2) is 9.13 Å². The van der Waals surface area contributed by atoms with E-state index in [-0.39, 0.29) is 11.2 Å². The van der Waals surface area contributed by atoms with Gasteiger partial charge >= 0.3 is 5.69 Å². The van der Waals surface area contributed by atoms with Crippen LogP contribution in [0.1, 0.15) is 19.3 Å². The van der Waals surface area contributed by atoms with E-state index < -0.39 is 0 Å². The number of rotatable bonds is 4. The van der Waals surface area contributed by atoms with E-state index in [1.165, 1.54) is 21.4 Å². The second kappa shape index (κ2) is 5.15. The van der Waals surface area contributed by atoms with Crippen molar-refractivity contribution in [1.29, 1.82) is 5.26 Å². The highest BCUT2D eigenvalue weighted by molar-refractivity contribution is 4.85. The first-order chi connectivity index (χ1) is 7.16. The Bertz CT molecular complexity index is 479. The first kappa shape index (κ1) is 11.2. The van der Waals surface area contributed by atoms with E-state index in [0.29, 0.717) is 25.8 Å². The molecule has 5 heteroatoms. The average molecular weight is 207 g/mol. The van der Waals surface area contributed by atoms with E-state index in [4.69, 9.17) is 5.26 Å². The van der Waals surface area contributed by atoms with Gasteiger partial charge in [-0.3, -0.25) is 9.36 Å². The van der Waals surface area contributed by atoms with Crippen LogP contribution < -0.4 is 11.2 Å². The Morgan fingerprint density at radius 3 is 2.80 bits per heavy atom. The summed E-state index contributed by atoms with van der Waals surface area (Å²) in [6.45, 7) is 0.383. The monoisotopic (exact) mass is 207 g/mol. The topological polar surface area (TPSA) is 67.8 Å². The summed E-state index contributed by atoms with van der Waals surface area (Å²) >= 11 is 0. The summed E-state index contributed by atoms with van der Waals surface area (Å²) in [5.41, 5.74) is -0.588. The van der Waals surface area contributed by atoms with Gasteiger partial charge in [0, 0.05) is 32.3 Å². The maximum atomic E-state index is 11.5. The number of hydrogen-bond acceptors (Lipinski definition) is 3. The normalized spacial score (nSPS) is 9.87. The quantitative estimate of drug-likeness (QED) is 0.664. The van der Waals surface area contributed by atoms with Crippen molar-refractivity contribution in [2.75, 3.05) is 0 Å². The van der Waals surface area contributed by atoms with E-state index in [0.717, 1.165) is 0 Å². The van der Waals surface area contributed by atoms with Crippen molar-refractivity contribution >= 4 is 0 Å². The van der Waals surface area contributed by atoms with Gasteiger partial charge in [0.05, 0.1) is 6.07 Å². The summed E-state index contributed by atoms with van der Waals surface area (Å²) in [6.07, 6.45) is 3.30. The standard InChI is InChI=1S/C10H13N3O2/c1-12-8-5-9(14)13(10(12)15)7-4-2-3-6-11/h5,8H,2-4,7H2,1H3. The lowest BCUT2D eigenvalue weighted by molar-refractivity contribution is 0.549. The Morgan fingerprint density at radius 2 is 2.13 bits per heavy atom. The molecule has 0 amide bonds. The van der Waals surface area contributed by atoms with Crippen LogP contribution in [0.5, 0.6) is 0 Å². The molecule has 1 rings (SSSR count). The zero-order valence-electron chi connectivity index (χ0n) is 8.64. The fourth-order valence-electron chi connectivity index (χ4n) is 1.29. The van der Waals surface area contributed by atoms with Crippen molar-refractivity contribution in [2.24, 2.45) is 7.05 Å². The molecule has 0 spiro atoms. The number of nitrogens with zero attached hydrogens (tertiary/aromatic N) is 3. The molecule has 0 aliphatic heterocycles. The van der Waals surface area contributed by atoms with Crippen LogP contribution >= 0.6 is 0 Å². The molecule has 0 fully saturated rings. The Balaban J connectivity index is 2.78. The summed E-state index contributed by atoms with van der Waals surface area (Å²) in [5.74, 6) is 0. The van der Waals surface area contributed by atoms with Gasteiger partial charge in [0.15, 0.2) is 0 Å². The molecular weight excluding hydrogens is 194 g/mol. The highest BCUT2D eigenvalue weighted by Crippen LogP contribution is 1.94. The molecule has 0 aromatic carbocycles. The van der Waals surface area contributed by atoms with E-state index >= 15 is 0 Å². The molecule has 0 N–H and O–H groups in total. The molecule has 0 saturated carbocycles. The molecule has 0 aliphatic carbocycles. The lowest BCUT2D eigenvalue weighted by atomic mass is 10.2. The Kier molecular flexibility index (Phi) is 3.86. The zero-order valence-corrected chi connectivity index (χ0v) is 8.64. The van der Waals surface area contributed by atoms with Gasteiger partial charge in [0.1, 0.15) is 0 Å². The van der Waals surface area contributed by atoms with Crippen molar-refractivity contribution in [3.8, 4) is 6.07 Å². The van der Waals surface area contributed by atoms with Gasteiger partial charge in [-0.2, -0.15) is 5.26 Å². The summed E-state index contributed by atoms with van der Waals surface area (Å²) in [4.78, 5) is 22.9. The van der Waals surface area contributed by atoms with Crippen LogP contribution in [0.3, 0.4) is 0 Å². The zero-order chi connectivity index (χ0) is 11.3. The Labute approximate surface area is 87.2 Å². The lowest BCUT2D eigenvalue weighted by Gasteiger charge is -2.04. The first-order valence-electron chi connectivity index (χ1n) is 4.80. The number of nitriles is 1. The molecular formula is C10H13N3O2. The predicted molar refractivity (Wildman–Crippen MR) is 55.4 cm³/mol. The minimum absolute atomic E-state index is 0.282. The number of aromatic nitrogens is 2. The number of aryl methyl sites for hydroxylation is 1. The molecule has 0 radical (unpaired) electrons. The highest BCUT2D eigenvalue weighted by Gasteiger charge is 2.01. The van der Waals surface area contributed by atoms with Crippen molar-refractivity contribution in [3.05, 3.63) is 33.1 Å². The van der Waals surface area contributed by atoms with E-state index in [1.807, 2.05) is 6.07 Å². The summed E-state index contributed by atoms with van der Waals surface area (Å²) < 4.78 is 2.56. The predicted octanol–water partition coefficient (Wildman–Crippen LogP) is 0.241. The average Bonchev–Trinajstić information content (AvgIpc) is 2.23. The van der Waals surface area contributed by atoms with Gasteiger partial charge in [-0.05, 0) is 12.8 Å². The third-order valence-electron chi connectivity index (χ3n) is 2.16. The lowest BCUT2D eigenvalue weighted by Crippen LogP contribution is -2.37. The minimum atomic E-state index is -0.306. The molecule has 0 saturated heterocycles. The fraction of sp³-hybridized carbons (Fsp3) is 0.500. The molecule has 1 aromatic heterocycles. The molecule has 0 atom stereocenters. The van der Waals surface area contributed by atoms with Gasteiger partial charge in [0.25, 0.3) is 5.56 Å².